The van der Waals surface area contributed by atoms with Crippen LogP contribution in [0.1, 0.15) is 17.5 Å². The summed E-state index contributed by atoms with van der Waals surface area (Å²) >= 11 is 0. The summed E-state index contributed by atoms with van der Waals surface area (Å²) in [6.07, 6.45) is 1.11. The first-order valence-electron chi connectivity index (χ1n) is 8.15. The first-order chi connectivity index (χ1) is 12.1. The third kappa shape index (κ3) is 5.14. The summed E-state index contributed by atoms with van der Waals surface area (Å²) in [6.45, 7) is 0.578. The van der Waals surface area contributed by atoms with Gasteiger partial charge in [-0.3, -0.25) is 4.79 Å². The second kappa shape index (κ2) is 8.97. The largest absolute Gasteiger partial charge is 0.497 e. The lowest BCUT2D eigenvalue weighted by Gasteiger charge is -2.18. The first-order valence-corrected chi connectivity index (χ1v) is 8.15. The molecule has 0 aliphatic carbocycles. The molecule has 2 rings (SSSR count). The van der Waals surface area contributed by atoms with Gasteiger partial charge in [0.1, 0.15) is 5.75 Å². The highest BCUT2D eigenvalue weighted by atomic mass is 16.5. The molecule has 5 nitrogen and oxygen atoms in total. The Hall–Kier alpha value is -2.69. The maximum Gasteiger partial charge on any atom is 0.222 e. The fraction of sp³-hybridized carbons (Fsp3) is 0.350. The minimum atomic E-state index is 0.102. The predicted molar refractivity (Wildman–Crippen MR) is 97.3 cm³/mol. The van der Waals surface area contributed by atoms with Crippen LogP contribution < -0.4 is 14.2 Å². The van der Waals surface area contributed by atoms with Crippen LogP contribution in [0.3, 0.4) is 0 Å². The Balaban J connectivity index is 1.90. The average Bonchev–Trinajstić information content (AvgIpc) is 2.66. The van der Waals surface area contributed by atoms with Gasteiger partial charge in [0.25, 0.3) is 0 Å². The topological polar surface area (TPSA) is 48.0 Å². The molecule has 2 aromatic carbocycles. The zero-order chi connectivity index (χ0) is 18.2. The number of methoxy groups -OCH3 is 3. The van der Waals surface area contributed by atoms with Gasteiger partial charge in [0, 0.05) is 20.0 Å². The lowest BCUT2D eigenvalue weighted by atomic mass is 10.1. The standard InChI is InChI=1S/C20H25NO4/c1-21(14-16-5-9-17(23-2)10-6-16)20(22)12-8-15-7-11-18(24-3)19(13-15)25-4/h5-7,9-11,13H,8,12,14H2,1-4H3. The van der Waals surface area contributed by atoms with Crippen LogP contribution in [0.15, 0.2) is 42.5 Å². The van der Waals surface area contributed by atoms with Gasteiger partial charge in [0.05, 0.1) is 21.3 Å². The van der Waals surface area contributed by atoms with Crippen LogP contribution in [0.25, 0.3) is 0 Å². The van der Waals surface area contributed by atoms with Gasteiger partial charge in [-0.25, -0.2) is 0 Å². The lowest BCUT2D eigenvalue weighted by Crippen LogP contribution is -2.26. The molecule has 0 saturated carbocycles. The molecule has 0 aromatic heterocycles. The summed E-state index contributed by atoms with van der Waals surface area (Å²) in [7, 11) is 6.67. The van der Waals surface area contributed by atoms with E-state index in [9.17, 15) is 4.79 Å². The summed E-state index contributed by atoms with van der Waals surface area (Å²) in [5.74, 6) is 2.28. The van der Waals surface area contributed by atoms with Gasteiger partial charge in [-0.15, -0.1) is 0 Å². The molecule has 0 atom stereocenters. The van der Waals surface area contributed by atoms with E-state index in [0.29, 0.717) is 30.9 Å². The second-order valence-electron chi connectivity index (χ2n) is 5.79. The monoisotopic (exact) mass is 343 g/mol. The van der Waals surface area contributed by atoms with Crippen molar-refractivity contribution in [2.24, 2.45) is 0 Å². The molecule has 134 valence electrons. The third-order valence-electron chi connectivity index (χ3n) is 4.08. The minimum absolute atomic E-state index is 0.102. The van der Waals surface area contributed by atoms with Crippen LogP contribution >= 0.6 is 0 Å². The van der Waals surface area contributed by atoms with E-state index in [4.69, 9.17) is 14.2 Å². The molecule has 0 fully saturated rings. The van der Waals surface area contributed by atoms with Crippen molar-refractivity contribution in [3.05, 3.63) is 53.6 Å². The predicted octanol–water partition coefficient (Wildman–Crippen LogP) is 3.30. The van der Waals surface area contributed by atoms with Gasteiger partial charge in [-0.2, -0.15) is 0 Å². The van der Waals surface area contributed by atoms with E-state index in [2.05, 4.69) is 0 Å². The summed E-state index contributed by atoms with van der Waals surface area (Å²) in [6, 6.07) is 13.5. The maximum atomic E-state index is 12.4. The summed E-state index contributed by atoms with van der Waals surface area (Å²) in [5.41, 5.74) is 2.12. The van der Waals surface area contributed by atoms with Crippen LogP contribution in [0.5, 0.6) is 17.2 Å². The van der Waals surface area contributed by atoms with Crippen molar-refractivity contribution < 1.29 is 19.0 Å². The fourth-order valence-corrected chi connectivity index (χ4v) is 2.57. The second-order valence-corrected chi connectivity index (χ2v) is 5.79. The van der Waals surface area contributed by atoms with Crippen molar-refractivity contribution in [2.45, 2.75) is 19.4 Å². The smallest absolute Gasteiger partial charge is 0.222 e. The van der Waals surface area contributed by atoms with Gasteiger partial charge >= 0.3 is 0 Å². The zero-order valence-electron chi connectivity index (χ0n) is 15.2. The molecule has 0 bridgehead atoms. The molecule has 0 N–H and O–H groups in total. The van der Waals surface area contributed by atoms with Crippen molar-refractivity contribution in [3.63, 3.8) is 0 Å². The Morgan fingerprint density at radius 1 is 0.880 bits per heavy atom. The van der Waals surface area contributed by atoms with Crippen molar-refractivity contribution >= 4 is 5.91 Å². The van der Waals surface area contributed by atoms with Crippen LogP contribution in [0, 0.1) is 0 Å². The molecule has 0 unspecified atom stereocenters. The zero-order valence-corrected chi connectivity index (χ0v) is 15.2. The molecule has 2 aromatic rings. The Kier molecular flexibility index (Phi) is 6.69. The van der Waals surface area contributed by atoms with Crippen molar-refractivity contribution in [1.82, 2.24) is 4.90 Å². The number of rotatable bonds is 8. The van der Waals surface area contributed by atoms with E-state index in [-0.39, 0.29) is 5.91 Å². The molecule has 1 amide bonds. The summed E-state index contributed by atoms with van der Waals surface area (Å²) in [4.78, 5) is 14.1. The van der Waals surface area contributed by atoms with E-state index in [1.54, 1.807) is 26.2 Å². The normalized spacial score (nSPS) is 10.2. The molecule has 0 aliphatic rings. The van der Waals surface area contributed by atoms with Gasteiger partial charge in [-0.1, -0.05) is 18.2 Å². The molecule has 0 heterocycles. The molecule has 0 spiro atoms. The van der Waals surface area contributed by atoms with Crippen molar-refractivity contribution in [2.75, 3.05) is 28.4 Å². The first kappa shape index (κ1) is 18.6. The van der Waals surface area contributed by atoms with Gasteiger partial charge in [0.15, 0.2) is 11.5 Å². The molecular formula is C20H25NO4. The molecule has 0 radical (unpaired) electrons. The van der Waals surface area contributed by atoms with Crippen molar-refractivity contribution in [3.8, 4) is 17.2 Å². The molecule has 0 aliphatic heterocycles. The number of hydrogen-bond donors (Lipinski definition) is 0. The Morgan fingerprint density at radius 2 is 1.52 bits per heavy atom. The lowest BCUT2D eigenvalue weighted by molar-refractivity contribution is -0.130. The molecular weight excluding hydrogens is 318 g/mol. The van der Waals surface area contributed by atoms with Crippen LogP contribution in [-0.2, 0) is 17.8 Å². The maximum absolute atomic E-state index is 12.4. The Labute approximate surface area is 149 Å². The minimum Gasteiger partial charge on any atom is -0.497 e. The third-order valence-corrected chi connectivity index (χ3v) is 4.08. The SMILES string of the molecule is COc1ccc(CN(C)C(=O)CCc2ccc(OC)c(OC)c2)cc1. The number of benzene rings is 2. The van der Waals surface area contributed by atoms with Gasteiger partial charge in [0.2, 0.25) is 5.91 Å². The van der Waals surface area contributed by atoms with E-state index >= 15 is 0 Å². The number of amides is 1. The fourth-order valence-electron chi connectivity index (χ4n) is 2.57. The highest BCUT2D eigenvalue weighted by molar-refractivity contribution is 5.76. The van der Waals surface area contributed by atoms with Gasteiger partial charge < -0.3 is 19.1 Å². The molecule has 25 heavy (non-hydrogen) atoms. The Morgan fingerprint density at radius 3 is 2.12 bits per heavy atom. The number of nitrogens with zero attached hydrogens (tertiary/aromatic N) is 1. The number of hydrogen-bond acceptors (Lipinski definition) is 4. The molecule has 0 saturated heterocycles. The van der Waals surface area contributed by atoms with E-state index in [0.717, 1.165) is 16.9 Å². The van der Waals surface area contributed by atoms with Crippen LogP contribution in [0.4, 0.5) is 0 Å². The highest BCUT2D eigenvalue weighted by Crippen LogP contribution is 2.28. The summed E-state index contributed by atoms with van der Waals surface area (Å²) < 4.78 is 15.7. The quantitative estimate of drug-likeness (QED) is 0.738. The van der Waals surface area contributed by atoms with Crippen LogP contribution in [0.2, 0.25) is 0 Å². The average molecular weight is 343 g/mol. The number of carbonyl (C=O) groups excluding carboxylic acids is 1. The number of aryl methyl sites for hydroxylation is 1. The number of carbonyl (C=O) groups is 1. The van der Waals surface area contributed by atoms with Gasteiger partial charge in [-0.05, 0) is 41.8 Å². The van der Waals surface area contributed by atoms with E-state index in [1.807, 2.05) is 49.5 Å². The Bertz CT molecular complexity index is 697. The van der Waals surface area contributed by atoms with Crippen LogP contribution in [-0.4, -0.2) is 39.2 Å². The van der Waals surface area contributed by atoms with Crippen molar-refractivity contribution in [1.29, 1.82) is 0 Å². The van der Waals surface area contributed by atoms with E-state index in [1.165, 1.54) is 0 Å². The number of ether oxygens (including phenoxy) is 3. The highest BCUT2D eigenvalue weighted by Gasteiger charge is 2.11. The summed E-state index contributed by atoms with van der Waals surface area (Å²) in [5, 5.41) is 0. The van der Waals surface area contributed by atoms with E-state index < -0.39 is 0 Å². The molecule has 5 heteroatoms.